The van der Waals surface area contributed by atoms with Crippen molar-refractivity contribution in [3.63, 3.8) is 0 Å². The molecule has 0 radical (unpaired) electrons. The topological polar surface area (TPSA) is 51.8 Å². The molecular formula is C55H33N3O. The molecule has 59 heavy (non-hydrogen) atoms. The van der Waals surface area contributed by atoms with Crippen LogP contribution >= 0.6 is 0 Å². The molecule has 274 valence electrons. The molecule has 2 aromatic heterocycles. The summed E-state index contributed by atoms with van der Waals surface area (Å²) in [6, 6.07) is 70.6. The van der Waals surface area contributed by atoms with Crippen molar-refractivity contribution in [2.75, 3.05) is 0 Å². The summed E-state index contributed by atoms with van der Waals surface area (Å²) < 4.78 is 6.59. The lowest BCUT2D eigenvalue weighted by Gasteiger charge is -2.16. The van der Waals surface area contributed by atoms with Crippen molar-refractivity contribution in [1.29, 1.82) is 0 Å². The number of furan rings is 1. The van der Waals surface area contributed by atoms with E-state index in [2.05, 4.69) is 182 Å². The average Bonchev–Trinajstić information content (AvgIpc) is 3.70. The molecule has 0 atom stereocenters. The fraction of sp³-hybridized carbons (Fsp3) is 0. The number of rotatable bonds is 5. The fourth-order valence-corrected chi connectivity index (χ4v) is 8.89. The van der Waals surface area contributed by atoms with Gasteiger partial charge >= 0.3 is 0 Å². The minimum Gasteiger partial charge on any atom is -0.455 e. The lowest BCUT2D eigenvalue weighted by Crippen LogP contribution is -2.02. The van der Waals surface area contributed by atoms with Crippen molar-refractivity contribution in [2.24, 2.45) is 0 Å². The summed E-state index contributed by atoms with van der Waals surface area (Å²) in [5, 5.41) is 11.5. The van der Waals surface area contributed by atoms with Gasteiger partial charge in [0.1, 0.15) is 11.2 Å². The highest BCUT2D eigenvalue weighted by Gasteiger charge is 2.21. The average molecular weight is 752 g/mol. The summed E-state index contributed by atoms with van der Waals surface area (Å²) in [5.74, 6) is 1.73. The zero-order valence-corrected chi connectivity index (χ0v) is 31.8. The summed E-state index contributed by atoms with van der Waals surface area (Å²) >= 11 is 0. The highest BCUT2D eigenvalue weighted by molar-refractivity contribution is 6.14. The number of hydrogen-bond donors (Lipinski definition) is 0. The Hall–Kier alpha value is -7.95. The van der Waals surface area contributed by atoms with Crippen LogP contribution in [0.3, 0.4) is 0 Å². The lowest BCUT2D eigenvalue weighted by atomic mass is 9.92. The molecule has 10 aromatic carbocycles. The van der Waals surface area contributed by atoms with Gasteiger partial charge in [0.15, 0.2) is 17.5 Å². The number of nitrogens with zero attached hydrogens (tertiary/aromatic N) is 3. The van der Waals surface area contributed by atoms with Gasteiger partial charge in [0, 0.05) is 21.9 Å². The van der Waals surface area contributed by atoms with Crippen LogP contribution in [0.15, 0.2) is 205 Å². The Morgan fingerprint density at radius 1 is 0.288 bits per heavy atom. The maximum absolute atomic E-state index is 6.59. The molecule has 0 aliphatic carbocycles. The Morgan fingerprint density at radius 2 is 0.898 bits per heavy atom. The van der Waals surface area contributed by atoms with Gasteiger partial charge in [-0.2, -0.15) is 0 Å². The monoisotopic (exact) mass is 751 g/mol. The third-order valence-electron chi connectivity index (χ3n) is 11.7. The number of hydrogen-bond acceptors (Lipinski definition) is 4. The molecule has 0 aliphatic heterocycles. The van der Waals surface area contributed by atoms with Crippen LogP contribution in [0, 0.1) is 0 Å². The van der Waals surface area contributed by atoms with Crippen LogP contribution in [0.2, 0.25) is 0 Å². The third kappa shape index (κ3) is 5.49. The zero-order chi connectivity index (χ0) is 38.9. The molecule has 0 saturated carbocycles. The first kappa shape index (κ1) is 33.2. The second kappa shape index (κ2) is 13.3. The van der Waals surface area contributed by atoms with E-state index in [1.165, 1.54) is 32.3 Å². The molecule has 0 N–H and O–H groups in total. The van der Waals surface area contributed by atoms with Crippen LogP contribution < -0.4 is 0 Å². The van der Waals surface area contributed by atoms with Gasteiger partial charge in [0.25, 0.3) is 0 Å². The molecule has 0 unspecified atom stereocenters. The van der Waals surface area contributed by atoms with Crippen LogP contribution in [0.1, 0.15) is 0 Å². The van der Waals surface area contributed by atoms with Crippen LogP contribution in [-0.4, -0.2) is 15.0 Å². The largest absolute Gasteiger partial charge is 0.455 e. The third-order valence-corrected chi connectivity index (χ3v) is 11.7. The predicted octanol–water partition coefficient (Wildman–Crippen LogP) is 14.7. The smallest absolute Gasteiger partial charge is 0.167 e. The van der Waals surface area contributed by atoms with Crippen molar-refractivity contribution >= 4 is 65.0 Å². The molecule has 12 rings (SSSR count). The van der Waals surface area contributed by atoms with Gasteiger partial charge in [-0.05, 0) is 95.7 Å². The second-order valence-electron chi connectivity index (χ2n) is 15.1. The number of aromatic nitrogens is 3. The molecule has 0 bridgehead atoms. The summed E-state index contributed by atoms with van der Waals surface area (Å²) in [5.41, 5.74) is 8.64. The van der Waals surface area contributed by atoms with Crippen LogP contribution in [0.4, 0.5) is 0 Å². The van der Waals surface area contributed by atoms with E-state index in [9.17, 15) is 0 Å². The van der Waals surface area contributed by atoms with E-state index in [-0.39, 0.29) is 0 Å². The molecule has 0 aliphatic rings. The standard InChI is InChI=1S/C55H33N3O/c1-2-15-36-31-39(28-27-34(36)13-1)43-30-29-35-14-3-6-20-42(35)51(43)55-57-53(56-54(58-55)48-25-12-24-47-46-23-9-10-26-50(46)59-52(47)48)40-18-11-17-37(32-40)49-33-38-16-4-5-19-41(38)44-21-7-8-22-45(44)49/h1-33H. The minimum absolute atomic E-state index is 0.550. The van der Waals surface area contributed by atoms with E-state index in [1.54, 1.807) is 0 Å². The Labute approximate surface area is 339 Å². The molecule has 0 saturated heterocycles. The molecular weight excluding hydrogens is 719 g/mol. The van der Waals surface area contributed by atoms with E-state index < -0.39 is 0 Å². The molecule has 0 spiro atoms. The minimum atomic E-state index is 0.550. The first-order valence-corrected chi connectivity index (χ1v) is 19.9. The number of fused-ring (bicyclic) bond motifs is 8. The maximum atomic E-state index is 6.59. The Balaban J connectivity index is 1.13. The molecule has 4 heteroatoms. The number of benzene rings is 10. The molecule has 0 fully saturated rings. The quantitative estimate of drug-likeness (QED) is 0.164. The summed E-state index contributed by atoms with van der Waals surface area (Å²) in [6.07, 6.45) is 0. The Bertz CT molecular complexity index is 3640. The van der Waals surface area contributed by atoms with Gasteiger partial charge in [0.2, 0.25) is 0 Å². The van der Waals surface area contributed by atoms with Crippen LogP contribution in [0.5, 0.6) is 0 Å². The zero-order valence-electron chi connectivity index (χ0n) is 31.8. The summed E-state index contributed by atoms with van der Waals surface area (Å²) in [4.78, 5) is 16.1. The first-order chi connectivity index (χ1) is 29.2. The normalized spacial score (nSPS) is 11.7. The van der Waals surface area contributed by atoms with Crippen molar-refractivity contribution in [2.45, 2.75) is 0 Å². The first-order valence-electron chi connectivity index (χ1n) is 19.9. The Morgan fingerprint density at radius 3 is 1.78 bits per heavy atom. The van der Waals surface area contributed by atoms with Gasteiger partial charge in [-0.15, -0.1) is 0 Å². The van der Waals surface area contributed by atoms with Gasteiger partial charge in [-0.1, -0.05) is 170 Å². The summed E-state index contributed by atoms with van der Waals surface area (Å²) in [6.45, 7) is 0. The van der Waals surface area contributed by atoms with Crippen molar-refractivity contribution in [1.82, 2.24) is 15.0 Å². The van der Waals surface area contributed by atoms with E-state index in [0.717, 1.165) is 71.7 Å². The number of para-hydroxylation sites is 2. The maximum Gasteiger partial charge on any atom is 0.167 e. The van der Waals surface area contributed by atoms with Gasteiger partial charge in [-0.25, -0.2) is 15.0 Å². The molecule has 0 amide bonds. The van der Waals surface area contributed by atoms with E-state index >= 15 is 0 Å². The van der Waals surface area contributed by atoms with Crippen LogP contribution in [-0.2, 0) is 0 Å². The highest BCUT2D eigenvalue weighted by Crippen LogP contribution is 2.41. The fourth-order valence-electron chi connectivity index (χ4n) is 8.89. The summed E-state index contributed by atoms with van der Waals surface area (Å²) in [7, 11) is 0. The van der Waals surface area contributed by atoms with E-state index in [1.807, 2.05) is 18.2 Å². The van der Waals surface area contributed by atoms with Crippen molar-refractivity contribution in [3.05, 3.63) is 200 Å². The van der Waals surface area contributed by atoms with Gasteiger partial charge in [0.05, 0.1) is 5.56 Å². The second-order valence-corrected chi connectivity index (χ2v) is 15.1. The van der Waals surface area contributed by atoms with E-state index in [4.69, 9.17) is 19.4 Å². The Kier molecular flexibility index (Phi) is 7.50. The van der Waals surface area contributed by atoms with Gasteiger partial charge < -0.3 is 4.42 Å². The SMILES string of the molecule is c1cc(-c2nc(-c3c(-c4ccc5ccccc5c4)ccc4ccccc34)nc(-c3cccc4c3oc3ccccc34)n2)cc(-c2cc3ccccc3c3ccccc23)c1. The van der Waals surface area contributed by atoms with Gasteiger partial charge in [-0.3, -0.25) is 0 Å². The van der Waals surface area contributed by atoms with Crippen LogP contribution in [0.25, 0.3) is 121 Å². The molecule has 12 aromatic rings. The van der Waals surface area contributed by atoms with E-state index in [0.29, 0.717) is 17.5 Å². The molecule has 2 heterocycles. The molecule has 4 nitrogen and oxygen atoms in total. The lowest BCUT2D eigenvalue weighted by molar-refractivity contribution is 0.669. The predicted molar refractivity (Wildman–Crippen MR) is 244 cm³/mol. The van der Waals surface area contributed by atoms with Crippen molar-refractivity contribution < 1.29 is 4.42 Å². The van der Waals surface area contributed by atoms with Crippen molar-refractivity contribution in [3.8, 4) is 56.4 Å². The highest BCUT2D eigenvalue weighted by atomic mass is 16.3.